The van der Waals surface area contributed by atoms with Gasteiger partial charge in [0.05, 0.1) is 0 Å². The lowest BCUT2D eigenvalue weighted by molar-refractivity contribution is -0.112. The van der Waals surface area contributed by atoms with E-state index < -0.39 is 0 Å². The number of rotatable bonds is 3. The first-order valence-electron chi connectivity index (χ1n) is 6.32. The molecule has 1 unspecified atom stereocenters. The summed E-state index contributed by atoms with van der Waals surface area (Å²) in [6.07, 6.45) is 6.91. The Balaban J connectivity index is 3.07. The van der Waals surface area contributed by atoms with Crippen LogP contribution in [0.1, 0.15) is 53.9 Å². The van der Waals surface area contributed by atoms with Crippen molar-refractivity contribution in [2.75, 3.05) is 0 Å². The van der Waals surface area contributed by atoms with E-state index in [4.69, 9.17) is 0 Å². The van der Waals surface area contributed by atoms with Gasteiger partial charge in [0.1, 0.15) is 0 Å². The van der Waals surface area contributed by atoms with E-state index in [1.54, 1.807) is 6.08 Å². The second-order valence-corrected chi connectivity index (χ2v) is 5.49. The molecule has 0 fully saturated rings. The highest BCUT2D eigenvalue weighted by Gasteiger charge is 2.37. The van der Waals surface area contributed by atoms with E-state index in [1.165, 1.54) is 12.0 Å². The van der Waals surface area contributed by atoms with E-state index in [0.717, 1.165) is 18.4 Å². The standard InChI is InChI=1S/C15H24O/c1-6-7-8-13(16)14-11(2)9-10-12(3)15(14,4)5/h7-8,12H,6,9-10H2,1-5H3/b8-7+. The second-order valence-electron chi connectivity index (χ2n) is 5.49. The average Bonchev–Trinajstić information content (AvgIpc) is 2.21. The van der Waals surface area contributed by atoms with E-state index in [-0.39, 0.29) is 11.2 Å². The van der Waals surface area contributed by atoms with Crippen LogP contribution >= 0.6 is 0 Å². The largest absolute Gasteiger partial charge is 0.290 e. The van der Waals surface area contributed by atoms with Crippen molar-refractivity contribution in [3.63, 3.8) is 0 Å². The SMILES string of the molecule is CC/C=C/C(=O)C1=C(C)CCC(C)C1(C)C. The van der Waals surface area contributed by atoms with Crippen molar-refractivity contribution in [3.05, 3.63) is 23.3 Å². The molecule has 0 spiro atoms. The maximum Gasteiger partial charge on any atom is 0.181 e. The van der Waals surface area contributed by atoms with Crippen LogP contribution < -0.4 is 0 Å². The van der Waals surface area contributed by atoms with Gasteiger partial charge in [-0.2, -0.15) is 0 Å². The zero-order valence-electron chi connectivity index (χ0n) is 11.3. The van der Waals surface area contributed by atoms with Gasteiger partial charge in [-0.05, 0) is 43.6 Å². The van der Waals surface area contributed by atoms with Crippen molar-refractivity contribution >= 4 is 5.78 Å². The van der Waals surface area contributed by atoms with Crippen LogP contribution in [0.25, 0.3) is 0 Å². The van der Waals surface area contributed by atoms with Gasteiger partial charge in [-0.3, -0.25) is 4.79 Å². The molecule has 0 heterocycles. The van der Waals surface area contributed by atoms with Crippen molar-refractivity contribution in [1.29, 1.82) is 0 Å². The summed E-state index contributed by atoms with van der Waals surface area (Å²) in [4.78, 5) is 12.2. The van der Waals surface area contributed by atoms with Crippen molar-refractivity contribution in [2.24, 2.45) is 11.3 Å². The zero-order chi connectivity index (χ0) is 12.3. The summed E-state index contributed by atoms with van der Waals surface area (Å²) < 4.78 is 0. The summed E-state index contributed by atoms with van der Waals surface area (Å²) in [7, 11) is 0. The van der Waals surface area contributed by atoms with E-state index in [9.17, 15) is 4.79 Å². The fraction of sp³-hybridized carbons (Fsp3) is 0.667. The Hall–Kier alpha value is -0.850. The average molecular weight is 220 g/mol. The monoisotopic (exact) mass is 220 g/mol. The molecular weight excluding hydrogens is 196 g/mol. The molecule has 0 bridgehead atoms. The molecule has 1 atom stereocenters. The summed E-state index contributed by atoms with van der Waals surface area (Å²) >= 11 is 0. The van der Waals surface area contributed by atoms with Crippen LogP contribution in [0.4, 0.5) is 0 Å². The van der Waals surface area contributed by atoms with Crippen molar-refractivity contribution < 1.29 is 4.79 Å². The van der Waals surface area contributed by atoms with Gasteiger partial charge in [-0.25, -0.2) is 0 Å². The van der Waals surface area contributed by atoms with Crippen molar-refractivity contribution in [3.8, 4) is 0 Å². The Morgan fingerprint density at radius 2 is 2.12 bits per heavy atom. The molecule has 0 N–H and O–H groups in total. The topological polar surface area (TPSA) is 17.1 Å². The molecule has 1 aliphatic rings. The third-order valence-electron chi connectivity index (χ3n) is 4.01. The highest BCUT2D eigenvalue weighted by atomic mass is 16.1. The summed E-state index contributed by atoms with van der Waals surface area (Å²) in [5, 5.41) is 0. The first-order chi connectivity index (χ1) is 7.41. The maximum atomic E-state index is 12.2. The van der Waals surface area contributed by atoms with Gasteiger partial charge in [0.15, 0.2) is 5.78 Å². The number of hydrogen-bond donors (Lipinski definition) is 0. The number of ketones is 1. The van der Waals surface area contributed by atoms with E-state index in [1.807, 2.05) is 6.08 Å². The molecule has 0 radical (unpaired) electrons. The molecule has 1 heteroatoms. The Morgan fingerprint density at radius 1 is 1.50 bits per heavy atom. The minimum atomic E-state index is 0.0253. The second kappa shape index (κ2) is 4.99. The molecule has 0 aromatic carbocycles. The smallest absolute Gasteiger partial charge is 0.181 e. The number of carbonyl (C=O) groups is 1. The quantitative estimate of drug-likeness (QED) is 0.648. The summed E-state index contributed by atoms with van der Waals surface area (Å²) in [6.45, 7) is 10.8. The molecule has 0 aliphatic heterocycles. The van der Waals surface area contributed by atoms with Crippen LogP contribution in [-0.2, 0) is 4.79 Å². The van der Waals surface area contributed by atoms with Gasteiger partial charge >= 0.3 is 0 Å². The van der Waals surface area contributed by atoms with E-state index >= 15 is 0 Å². The molecule has 0 saturated carbocycles. The minimum Gasteiger partial charge on any atom is -0.290 e. The Labute approximate surface area is 99.6 Å². The lowest BCUT2D eigenvalue weighted by atomic mass is 9.65. The lowest BCUT2D eigenvalue weighted by Gasteiger charge is -2.39. The van der Waals surface area contributed by atoms with Gasteiger partial charge in [0, 0.05) is 5.57 Å². The fourth-order valence-corrected chi connectivity index (χ4v) is 2.55. The molecule has 0 aromatic rings. The Morgan fingerprint density at radius 3 is 2.69 bits per heavy atom. The van der Waals surface area contributed by atoms with Gasteiger partial charge in [0.2, 0.25) is 0 Å². The Bertz CT molecular complexity index is 331. The molecule has 1 nitrogen and oxygen atoms in total. The van der Waals surface area contributed by atoms with Gasteiger partial charge in [0.25, 0.3) is 0 Å². The molecule has 1 aliphatic carbocycles. The molecule has 0 aromatic heterocycles. The summed E-state index contributed by atoms with van der Waals surface area (Å²) in [5.41, 5.74) is 2.36. The molecule has 0 saturated heterocycles. The summed E-state index contributed by atoms with van der Waals surface area (Å²) in [5.74, 6) is 0.807. The third-order valence-corrected chi connectivity index (χ3v) is 4.01. The number of allylic oxidation sites excluding steroid dienone is 4. The van der Waals surface area contributed by atoms with E-state index in [0.29, 0.717) is 5.92 Å². The van der Waals surface area contributed by atoms with Crippen LogP contribution in [0.2, 0.25) is 0 Å². The lowest BCUT2D eigenvalue weighted by Crippen LogP contribution is -2.32. The van der Waals surface area contributed by atoms with Crippen LogP contribution in [0.5, 0.6) is 0 Å². The highest BCUT2D eigenvalue weighted by Crippen LogP contribution is 2.44. The van der Waals surface area contributed by atoms with Crippen LogP contribution in [0.15, 0.2) is 23.3 Å². The van der Waals surface area contributed by atoms with Crippen molar-refractivity contribution in [2.45, 2.75) is 53.9 Å². The van der Waals surface area contributed by atoms with Gasteiger partial charge < -0.3 is 0 Å². The number of carbonyl (C=O) groups excluding carboxylic acids is 1. The predicted octanol–water partition coefficient (Wildman–Crippen LogP) is 4.29. The number of hydrogen-bond acceptors (Lipinski definition) is 1. The van der Waals surface area contributed by atoms with Gasteiger partial charge in [-0.1, -0.05) is 39.3 Å². The van der Waals surface area contributed by atoms with Crippen LogP contribution in [0.3, 0.4) is 0 Å². The Kier molecular flexibility index (Phi) is 4.12. The molecule has 0 amide bonds. The fourth-order valence-electron chi connectivity index (χ4n) is 2.55. The molecule has 90 valence electrons. The first kappa shape index (κ1) is 13.2. The first-order valence-corrected chi connectivity index (χ1v) is 6.32. The van der Waals surface area contributed by atoms with Crippen LogP contribution in [-0.4, -0.2) is 5.78 Å². The predicted molar refractivity (Wildman–Crippen MR) is 69.3 cm³/mol. The minimum absolute atomic E-state index is 0.0253. The van der Waals surface area contributed by atoms with Gasteiger partial charge in [-0.15, -0.1) is 0 Å². The highest BCUT2D eigenvalue weighted by molar-refractivity contribution is 6.05. The molecular formula is C15H24O. The van der Waals surface area contributed by atoms with E-state index in [2.05, 4.69) is 34.6 Å². The van der Waals surface area contributed by atoms with Crippen molar-refractivity contribution in [1.82, 2.24) is 0 Å². The normalized spacial score (nSPS) is 25.2. The summed E-state index contributed by atoms with van der Waals surface area (Å²) in [6, 6.07) is 0. The molecule has 16 heavy (non-hydrogen) atoms. The van der Waals surface area contributed by atoms with Crippen LogP contribution in [0, 0.1) is 11.3 Å². The third kappa shape index (κ3) is 2.45. The zero-order valence-corrected chi connectivity index (χ0v) is 11.3. The maximum absolute atomic E-state index is 12.2. The molecule has 1 rings (SSSR count).